The average Bonchev–Trinajstić information content (AvgIpc) is 3.06. The van der Waals surface area contributed by atoms with Crippen LogP contribution in [0, 0.1) is 0 Å². The summed E-state index contributed by atoms with van der Waals surface area (Å²) in [5, 5.41) is 10.9. The zero-order valence-corrected chi connectivity index (χ0v) is 18.8. The Labute approximate surface area is 176 Å². The van der Waals surface area contributed by atoms with Crippen LogP contribution in [0.1, 0.15) is 6.92 Å². The van der Waals surface area contributed by atoms with Gasteiger partial charge in [-0.1, -0.05) is 41.6 Å². The quantitative estimate of drug-likeness (QED) is 0.443. The van der Waals surface area contributed by atoms with Gasteiger partial charge in [-0.05, 0) is 5.75 Å². The number of halogens is 1. The molecule has 28 heavy (non-hydrogen) atoms. The van der Waals surface area contributed by atoms with Gasteiger partial charge in [0, 0.05) is 12.1 Å². The van der Waals surface area contributed by atoms with Crippen molar-refractivity contribution in [1.29, 1.82) is 0 Å². The van der Waals surface area contributed by atoms with Gasteiger partial charge in [-0.3, -0.25) is 14.4 Å². The summed E-state index contributed by atoms with van der Waals surface area (Å²) in [6.07, 6.45) is 0.988. The third-order valence-corrected chi connectivity index (χ3v) is 6.61. The van der Waals surface area contributed by atoms with E-state index >= 15 is 0 Å². The molecule has 13 heteroatoms. The van der Waals surface area contributed by atoms with Crippen LogP contribution in [-0.4, -0.2) is 57.3 Å². The second kappa shape index (κ2) is 9.63. The summed E-state index contributed by atoms with van der Waals surface area (Å²) in [5.74, 6) is 0.673. The standard InChI is InChI=1S/C15H19ClN4O5S3/c1-5-26-15-19-18-14(27-15)17-13(21)8-20(28(4,22)23)10-7-11(24-2)9(16)6-12(10)25-3/h6-7H,5,8H2,1-4H3,(H,17,18,21). The van der Waals surface area contributed by atoms with Crippen molar-refractivity contribution in [3.8, 4) is 11.5 Å². The number of carbonyl (C=O) groups excluding carboxylic acids is 1. The number of methoxy groups -OCH3 is 2. The van der Waals surface area contributed by atoms with Gasteiger partial charge >= 0.3 is 0 Å². The largest absolute Gasteiger partial charge is 0.495 e. The number of benzene rings is 1. The van der Waals surface area contributed by atoms with E-state index in [1.165, 1.54) is 49.5 Å². The number of ether oxygens (including phenoxy) is 2. The molecule has 0 saturated heterocycles. The van der Waals surface area contributed by atoms with Crippen molar-refractivity contribution in [3.05, 3.63) is 17.2 Å². The van der Waals surface area contributed by atoms with E-state index in [2.05, 4.69) is 15.5 Å². The molecule has 0 aliphatic carbocycles. The van der Waals surface area contributed by atoms with Gasteiger partial charge in [-0.25, -0.2) is 8.42 Å². The molecule has 1 amide bonds. The van der Waals surface area contributed by atoms with E-state index in [1.807, 2.05) is 6.92 Å². The molecule has 2 aromatic rings. The number of sulfonamides is 1. The fraction of sp³-hybridized carbons (Fsp3) is 0.400. The van der Waals surface area contributed by atoms with E-state index in [4.69, 9.17) is 21.1 Å². The lowest BCUT2D eigenvalue weighted by atomic mass is 10.2. The summed E-state index contributed by atoms with van der Waals surface area (Å²) in [6.45, 7) is 1.48. The van der Waals surface area contributed by atoms with Gasteiger partial charge < -0.3 is 9.47 Å². The molecule has 154 valence electrons. The minimum Gasteiger partial charge on any atom is -0.495 e. The first-order valence-corrected chi connectivity index (χ1v) is 11.9. The Bertz CT molecular complexity index is 951. The molecule has 0 bridgehead atoms. The van der Waals surface area contributed by atoms with Gasteiger partial charge in [0.15, 0.2) is 4.34 Å². The van der Waals surface area contributed by atoms with Crippen molar-refractivity contribution in [3.63, 3.8) is 0 Å². The van der Waals surface area contributed by atoms with E-state index < -0.39 is 22.5 Å². The van der Waals surface area contributed by atoms with Crippen molar-refractivity contribution in [2.24, 2.45) is 0 Å². The van der Waals surface area contributed by atoms with Gasteiger partial charge in [0.1, 0.15) is 18.0 Å². The lowest BCUT2D eigenvalue weighted by Crippen LogP contribution is -2.37. The molecule has 0 spiro atoms. The molecule has 0 aliphatic heterocycles. The molecule has 0 unspecified atom stereocenters. The SMILES string of the molecule is CCSc1nnc(NC(=O)CN(c2cc(OC)c(Cl)cc2OC)S(C)(=O)=O)s1. The lowest BCUT2D eigenvalue weighted by Gasteiger charge is -2.24. The molecule has 0 fully saturated rings. The fourth-order valence-electron chi connectivity index (χ4n) is 2.15. The second-order valence-corrected chi connectivity index (χ2v) is 10.1. The number of nitrogens with zero attached hydrogens (tertiary/aromatic N) is 3. The number of hydrogen-bond donors (Lipinski definition) is 1. The van der Waals surface area contributed by atoms with Crippen LogP contribution in [0.4, 0.5) is 10.8 Å². The Kier molecular flexibility index (Phi) is 7.75. The lowest BCUT2D eigenvalue weighted by molar-refractivity contribution is -0.114. The van der Waals surface area contributed by atoms with Crippen LogP contribution in [-0.2, 0) is 14.8 Å². The summed E-state index contributed by atoms with van der Waals surface area (Å²) in [4.78, 5) is 12.4. The minimum absolute atomic E-state index is 0.126. The Hall–Kier alpha value is -1.76. The fourth-order valence-corrected chi connectivity index (χ4v) is 4.90. The van der Waals surface area contributed by atoms with Gasteiger partial charge in [-0.2, -0.15) is 0 Å². The topological polar surface area (TPSA) is 111 Å². The molecule has 1 N–H and O–H groups in total. The molecule has 2 rings (SSSR count). The van der Waals surface area contributed by atoms with Crippen LogP contribution in [0.3, 0.4) is 0 Å². The number of aromatic nitrogens is 2. The number of thioether (sulfide) groups is 1. The predicted molar refractivity (Wildman–Crippen MR) is 112 cm³/mol. The molecular formula is C15H19ClN4O5S3. The van der Waals surface area contributed by atoms with Gasteiger partial charge in [-0.15, -0.1) is 10.2 Å². The number of amides is 1. The first-order valence-electron chi connectivity index (χ1n) is 7.85. The molecule has 9 nitrogen and oxygen atoms in total. The van der Waals surface area contributed by atoms with E-state index in [-0.39, 0.29) is 27.3 Å². The highest BCUT2D eigenvalue weighted by molar-refractivity contribution is 8.01. The third-order valence-electron chi connectivity index (χ3n) is 3.33. The molecule has 0 atom stereocenters. The predicted octanol–water partition coefficient (Wildman–Crippen LogP) is 2.73. The smallest absolute Gasteiger partial charge is 0.246 e. The maximum absolute atomic E-state index is 12.4. The Morgan fingerprint density at radius 2 is 1.96 bits per heavy atom. The van der Waals surface area contributed by atoms with Crippen molar-refractivity contribution < 1.29 is 22.7 Å². The molecule has 0 saturated carbocycles. The Morgan fingerprint density at radius 3 is 2.54 bits per heavy atom. The van der Waals surface area contributed by atoms with E-state index in [1.54, 1.807) is 0 Å². The van der Waals surface area contributed by atoms with E-state index in [9.17, 15) is 13.2 Å². The number of rotatable bonds is 9. The molecule has 1 aromatic heterocycles. The number of anilines is 2. The highest BCUT2D eigenvalue weighted by Gasteiger charge is 2.26. The highest BCUT2D eigenvalue weighted by atomic mass is 35.5. The van der Waals surface area contributed by atoms with Crippen molar-refractivity contribution in [2.45, 2.75) is 11.3 Å². The van der Waals surface area contributed by atoms with Crippen LogP contribution >= 0.6 is 34.7 Å². The Balaban J connectivity index is 2.31. The normalized spacial score (nSPS) is 11.2. The summed E-state index contributed by atoms with van der Waals surface area (Å²) in [5.41, 5.74) is 0.126. The summed E-state index contributed by atoms with van der Waals surface area (Å²) >= 11 is 8.78. The van der Waals surface area contributed by atoms with Crippen LogP contribution in [0.5, 0.6) is 11.5 Å². The zero-order valence-electron chi connectivity index (χ0n) is 15.6. The Morgan fingerprint density at radius 1 is 1.29 bits per heavy atom. The van der Waals surface area contributed by atoms with Gasteiger partial charge in [0.2, 0.25) is 21.1 Å². The van der Waals surface area contributed by atoms with E-state index in [0.717, 1.165) is 16.3 Å². The highest BCUT2D eigenvalue weighted by Crippen LogP contribution is 2.39. The van der Waals surface area contributed by atoms with Crippen molar-refractivity contribution >= 4 is 61.4 Å². The van der Waals surface area contributed by atoms with Crippen LogP contribution in [0.25, 0.3) is 0 Å². The number of nitrogens with one attached hydrogen (secondary N) is 1. The molecule has 1 heterocycles. The molecule has 0 aliphatic rings. The van der Waals surface area contributed by atoms with Crippen LogP contribution < -0.4 is 19.1 Å². The van der Waals surface area contributed by atoms with Crippen molar-refractivity contribution in [1.82, 2.24) is 10.2 Å². The van der Waals surface area contributed by atoms with Crippen LogP contribution in [0.15, 0.2) is 16.5 Å². The monoisotopic (exact) mass is 466 g/mol. The zero-order chi connectivity index (χ0) is 20.9. The first kappa shape index (κ1) is 22.5. The van der Waals surface area contributed by atoms with Gasteiger partial charge in [0.05, 0.1) is 31.2 Å². The minimum atomic E-state index is -3.82. The maximum Gasteiger partial charge on any atom is 0.246 e. The maximum atomic E-state index is 12.4. The van der Waals surface area contributed by atoms with Crippen molar-refractivity contribution in [2.75, 3.05) is 42.4 Å². The second-order valence-electron chi connectivity index (χ2n) is 5.28. The number of carbonyl (C=O) groups is 1. The molecular weight excluding hydrogens is 448 g/mol. The van der Waals surface area contributed by atoms with Gasteiger partial charge in [0.25, 0.3) is 0 Å². The number of hydrogen-bond acceptors (Lipinski definition) is 9. The first-order chi connectivity index (χ1) is 13.2. The summed E-state index contributed by atoms with van der Waals surface area (Å²) < 4.78 is 36.7. The molecule has 0 radical (unpaired) electrons. The molecule has 1 aromatic carbocycles. The third kappa shape index (κ3) is 5.63. The van der Waals surface area contributed by atoms with E-state index in [0.29, 0.717) is 4.34 Å². The average molecular weight is 467 g/mol. The summed E-state index contributed by atoms with van der Waals surface area (Å²) in [6, 6.07) is 2.82. The van der Waals surface area contributed by atoms with Crippen LogP contribution in [0.2, 0.25) is 5.02 Å². The summed E-state index contributed by atoms with van der Waals surface area (Å²) in [7, 11) is -1.05.